The van der Waals surface area contributed by atoms with Gasteiger partial charge in [-0.1, -0.05) is 0 Å². The van der Waals surface area contributed by atoms with Crippen LogP contribution < -0.4 is 4.74 Å². The molecule has 0 atom stereocenters. The Morgan fingerprint density at radius 3 is 2.03 bits per heavy atom. The normalized spacial score (nSPS) is 11.9. The molecule has 0 bridgehead atoms. The van der Waals surface area contributed by atoms with E-state index in [1.54, 1.807) is 0 Å². The largest absolute Gasteiger partial charge is 0.492 e. The number of carbonyl (C=O) groups excluding carboxylic acids is 1. The number of alkyl halides is 3. The number of carbonyl (C=O) groups is 1. The summed E-state index contributed by atoms with van der Waals surface area (Å²) >= 11 is 0. The van der Waals surface area contributed by atoms with Crippen molar-refractivity contribution in [3.05, 3.63) is 59.7 Å². The third-order valence-electron chi connectivity index (χ3n) is 4.19. The topological polar surface area (TPSA) is 72.9 Å². The minimum Gasteiger partial charge on any atom is -0.492 e. The van der Waals surface area contributed by atoms with Crippen molar-refractivity contribution in [1.29, 1.82) is 0 Å². The van der Waals surface area contributed by atoms with E-state index in [0.29, 0.717) is 5.75 Å². The first-order valence-electron chi connectivity index (χ1n) is 8.91. The molecule has 0 unspecified atom stereocenters. The highest BCUT2D eigenvalue weighted by Crippen LogP contribution is 2.29. The van der Waals surface area contributed by atoms with Gasteiger partial charge < -0.3 is 14.4 Å². The highest BCUT2D eigenvalue weighted by atomic mass is 32.2. The maximum Gasteiger partial charge on any atom is 0.416 e. The van der Waals surface area contributed by atoms with Crippen LogP contribution in [0.25, 0.3) is 0 Å². The Morgan fingerprint density at radius 2 is 1.53 bits per heavy atom. The smallest absolute Gasteiger partial charge is 0.416 e. The molecule has 0 aliphatic carbocycles. The molecule has 30 heavy (non-hydrogen) atoms. The second-order valence-electron chi connectivity index (χ2n) is 6.45. The van der Waals surface area contributed by atoms with Gasteiger partial charge in [0.25, 0.3) is 5.91 Å². The van der Waals surface area contributed by atoms with Crippen molar-refractivity contribution in [2.75, 3.05) is 39.7 Å². The summed E-state index contributed by atoms with van der Waals surface area (Å²) in [4.78, 5) is 14.3. The second-order valence-corrected chi connectivity index (χ2v) is 8.47. The summed E-state index contributed by atoms with van der Waals surface area (Å²) in [5.41, 5.74) is -0.708. The van der Waals surface area contributed by atoms with E-state index >= 15 is 0 Å². The fraction of sp³-hybridized carbons (Fsp3) is 0.350. The molecule has 0 spiro atoms. The minimum atomic E-state index is -4.47. The van der Waals surface area contributed by atoms with E-state index in [0.717, 1.165) is 30.5 Å². The van der Waals surface area contributed by atoms with Crippen LogP contribution in [0.4, 0.5) is 13.2 Å². The van der Waals surface area contributed by atoms with E-state index in [-0.39, 0.29) is 36.8 Å². The Balaban J connectivity index is 2.02. The monoisotopic (exact) mass is 445 g/mol. The second kappa shape index (κ2) is 9.94. The molecule has 0 N–H and O–H groups in total. The van der Waals surface area contributed by atoms with Crippen molar-refractivity contribution in [2.24, 2.45) is 0 Å². The van der Waals surface area contributed by atoms with Gasteiger partial charge in [0.05, 0.1) is 23.6 Å². The summed E-state index contributed by atoms with van der Waals surface area (Å²) in [6.45, 7) is 0.744. The van der Waals surface area contributed by atoms with Crippen LogP contribution in [-0.4, -0.2) is 58.9 Å². The number of nitrogens with zero attached hydrogens (tertiary/aromatic N) is 1. The Morgan fingerprint density at radius 1 is 0.967 bits per heavy atom. The van der Waals surface area contributed by atoms with Gasteiger partial charge in [-0.15, -0.1) is 0 Å². The van der Waals surface area contributed by atoms with Gasteiger partial charge in [0.2, 0.25) is 0 Å². The fourth-order valence-corrected chi connectivity index (χ4v) is 3.19. The number of hydrogen-bond acceptors (Lipinski definition) is 5. The van der Waals surface area contributed by atoms with Gasteiger partial charge in [0, 0.05) is 25.5 Å². The Labute approximate surface area is 173 Å². The molecule has 6 nitrogen and oxygen atoms in total. The SMILES string of the molecule is COCCN(CCOc1ccc(S(C)(=O)=O)cc1)C(=O)c1ccc(C(F)(F)F)cc1. The molecule has 1 amide bonds. The van der Waals surface area contributed by atoms with Crippen LogP contribution in [0.5, 0.6) is 5.75 Å². The van der Waals surface area contributed by atoms with Crippen molar-refractivity contribution in [2.45, 2.75) is 11.1 Å². The average Bonchev–Trinajstić information content (AvgIpc) is 2.69. The van der Waals surface area contributed by atoms with Gasteiger partial charge in [0.15, 0.2) is 9.84 Å². The van der Waals surface area contributed by atoms with Crippen LogP contribution in [0, 0.1) is 0 Å². The van der Waals surface area contributed by atoms with Crippen LogP contribution in [0.15, 0.2) is 53.4 Å². The fourth-order valence-electron chi connectivity index (χ4n) is 2.56. The maximum atomic E-state index is 12.7. The summed E-state index contributed by atoms with van der Waals surface area (Å²) in [5.74, 6) is -0.0205. The lowest BCUT2D eigenvalue weighted by Gasteiger charge is -2.23. The van der Waals surface area contributed by atoms with E-state index in [4.69, 9.17) is 9.47 Å². The van der Waals surface area contributed by atoms with E-state index in [9.17, 15) is 26.4 Å². The van der Waals surface area contributed by atoms with Crippen LogP contribution >= 0.6 is 0 Å². The Kier molecular flexibility index (Phi) is 7.85. The van der Waals surface area contributed by atoms with Crippen molar-refractivity contribution >= 4 is 15.7 Å². The molecule has 0 radical (unpaired) electrons. The zero-order valence-electron chi connectivity index (χ0n) is 16.5. The molecular weight excluding hydrogens is 423 g/mol. The predicted octanol–water partition coefficient (Wildman–Crippen LogP) is 3.28. The molecule has 0 aromatic heterocycles. The van der Waals surface area contributed by atoms with Gasteiger partial charge in [-0.3, -0.25) is 4.79 Å². The molecule has 2 rings (SSSR count). The quantitative estimate of drug-likeness (QED) is 0.592. The molecule has 0 aliphatic heterocycles. The van der Waals surface area contributed by atoms with Crippen molar-refractivity contribution in [1.82, 2.24) is 4.90 Å². The lowest BCUT2D eigenvalue weighted by molar-refractivity contribution is -0.137. The molecule has 164 valence electrons. The number of hydrogen-bond donors (Lipinski definition) is 0. The lowest BCUT2D eigenvalue weighted by atomic mass is 10.1. The summed E-state index contributed by atoms with van der Waals surface area (Å²) < 4.78 is 71.6. The van der Waals surface area contributed by atoms with Crippen molar-refractivity contribution < 1.29 is 35.9 Å². The zero-order chi connectivity index (χ0) is 22.4. The molecule has 0 saturated heterocycles. The highest BCUT2D eigenvalue weighted by molar-refractivity contribution is 7.90. The number of ether oxygens (including phenoxy) is 2. The van der Waals surface area contributed by atoms with E-state index in [1.807, 2.05) is 0 Å². The Hall–Kier alpha value is -2.59. The third kappa shape index (κ3) is 6.74. The lowest BCUT2D eigenvalue weighted by Crippen LogP contribution is -2.37. The summed E-state index contributed by atoms with van der Waals surface area (Å²) in [6.07, 6.45) is -3.37. The molecule has 0 saturated carbocycles. The van der Waals surface area contributed by atoms with Crippen molar-refractivity contribution in [3.8, 4) is 5.75 Å². The van der Waals surface area contributed by atoms with Gasteiger partial charge in [-0.25, -0.2) is 8.42 Å². The average molecular weight is 445 g/mol. The first-order valence-corrected chi connectivity index (χ1v) is 10.8. The molecule has 2 aromatic carbocycles. The summed E-state index contributed by atoms with van der Waals surface area (Å²) in [7, 11) is -1.84. The van der Waals surface area contributed by atoms with Crippen LogP contribution in [0.3, 0.4) is 0 Å². The standard InChI is InChI=1S/C20H22F3NO5S/c1-28-13-11-24(19(25)15-3-5-16(6-4-15)20(21,22)23)12-14-29-17-7-9-18(10-8-17)30(2,26)27/h3-10H,11-14H2,1-2H3. The number of benzene rings is 2. The van der Waals surface area contributed by atoms with Gasteiger partial charge in [-0.05, 0) is 48.5 Å². The number of amides is 1. The molecular formula is C20H22F3NO5S. The number of halogens is 3. The van der Waals surface area contributed by atoms with E-state index in [2.05, 4.69) is 0 Å². The van der Waals surface area contributed by atoms with Gasteiger partial charge in [-0.2, -0.15) is 13.2 Å². The number of rotatable bonds is 9. The van der Waals surface area contributed by atoms with Crippen LogP contribution in [-0.2, 0) is 20.8 Å². The number of sulfone groups is 1. The van der Waals surface area contributed by atoms with E-state index in [1.165, 1.54) is 36.3 Å². The zero-order valence-corrected chi connectivity index (χ0v) is 17.3. The van der Waals surface area contributed by atoms with Crippen LogP contribution in [0.1, 0.15) is 15.9 Å². The maximum absolute atomic E-state index is 12.7. The first kappa shape index (κ1) is 23.7. The molecule has 0 heterocycles. The Bertz CT molecular complexity index is 942. The molecule has 0 fully saturated rings. The summed E-state index contributed by atoms with van der Waals surface area (Å²) in [6, 6.07) is 9.84. The number of methoxy groups -OCH3 is 1. The predicted molar refractivity (Wildman–Crippen MR) is 104 cm³/mol. The van der Waals surface area contributed by atoms with Crippen molar-refractivity contribution in [3.63, 3.8) is 0 Å². The minimum absolute atomic E-state index is 0.105. The van der Waals surface area contributed by atoms with E-state index < -0.39 is 27.5 Å². The van der Waals surface area contributed by atoms with Gasteiger partial charge >= 0.3 is 6.18 Å². The first-order chi connectivity index (χ1) is 14.0. The summed E-state index contributed by atoms with van der Waals surface area (Å²) in [5, 5.41) is 0. The third-order valence-corrected chi connectivity index (χ3v) is 5.32. The van der Waals surface area contributed by atoms with Gasteiger partial charge in [0.1, 0.15) is 12.4 Å². The molecule has 10 heteroatoms. The molecule has 2 aromatic rings. The highest BCUT2D eigenvalue weighted by Gasteiger charge is 2.30. The molecule has 0 aliphatic rings. The van der Waals surface area contributed by atoms with Crippen LogP contribution in [0.2, 0.25) is 0 Å².